The third-order valence-electron chi connectivity index (χ3n) is 5.29. The van der Waals surface area contributed by atoms with Crippen LogP contribution < -0.4 is 0 Å². The van der Waals surface area contributed by atoms with Gasteiger partial charge < -0.3 is 9.80 Å². The Bertz CT molecular complexity index is 979. The molecule has 0 aliphatic carbocycles. The van der Waals surface area contributed by atoms with Crippen LogP contribution in [-0.4, -0.2) is 80.8 Å². The van der Waals surface area contributed by atoms with Gasteiger partial charge in [-0.3, -0.25) is 24.1 Å². The second kappa shape index (κ2) is 8.39. The molecular weight excluding hydrogens is 454 g/mol. The number of benzene rings is 1. The summed E-state index contributed by atoms with van der Waals surface area (Å²) in [5.74, 6) is -1.01. The summed E-state index contributed by atoms with van der Waals surface area (Å²) in [6.45, 7) is 1.28. The predicted octanol–water partition coefficient (Wildman–Crippen LogP) is 1.07. The van der Waals surface area contributed by atoms with Crippen molar-refractivity contribution < 1.29 is 19.2 Å². The van der Waals surface area contributed by atoms with Crippen molar-refractivity contribution in [3.8, 4) is 5.69 Å². The SMILES string of the molecule is O=C(CN1C(=O)CCC1=O)N1CCN(C(=O)c2cnn(-c3ccc(Br)cc3)c2)CC1. The van der Waals surface area contributed by atoms with Crippen molar-refractivity contribution in [1.29, 1.82) is 0 Å². The molecule has 156 valence electrons. The number of aromatic nitrogens is 2. The fourth-order valence-corrected chi connectivity index (χ4v) is 3.81. The molecule has 2 aromatic rings. The summed E-state index contributed by atoms with van der Waals surface area (Å²) in [5, 5.41) is 4.27. The maximum Gasteiger partial charge on any atom is 0.257 e. The molecule has 2 fully saturated rings. The van der Waals surface area contributed by atoms with E-state index in [1.165, 1.54) is 6.20 Å². The number of amides is 4. The summed E-state index contributed by atoms with van der Waals surface area (Å²) in [5.41, 5.74) is 1.32. The zero-order chi connectivity index (χ0) is 21.3. The lowest BCUT2D eigenvalue weighted by atomic mass is 10.2. The van der Waals surface area contributed by atoms with E-state index in [4.69, 9.17) is 0 Å². The summed E-state index contributed by atoms with van der Waals surface area (Å²) >= 11 is 3.39. The monoisotopic (exact) mass is 473 g/mol. The summed E-state index contributed by atoms with van der Waals surface area (Å²) in [7, 11) is 0. The van der Waals surface area contributed by atoms with Crippen LogP contribution in [0.5, 0.6) is 0 Å². The van der Waals surface area contributed by atoms with Gasteiger partial charge in [-0.05, 0) is 24.3 Å². The molecule has 0 atom stereocenters. The highest BCUT2D eigenvalue weighted by Gasteiger charge is 2.33. The van der Waals surface area contributed by atoms with Gasteiger partial charge in [0.25, 0.3) is 5.91 Å². The van der Waals surface area contributed by atoms with Gasteiger partial charge in [-0.25, -0.2) is 4.68 Å². The number of carbonyl (C=O) groups is 4. The number of halogens is 1. The number of nitrogens with zero attached hydrogens (tertiary/aromatic N) is 5. The second-order valence-electron chi connectivity index (χ2n) is 7.20. The Kier molecular flexibility index (Phi) is 5.67. The molecule has 0 unspecified atom stereocenters. The number of carbonyl (C=O) groups excluding carboxylic acids is 4. The highest BCUT2D eigenvalue weighted by atomic mass is 79.9. The fourth-order valence-electron chi connectivity index (χ4n) is 3.54. The van der Waals surface area contributed by atoms with Gasteiger partial charge in [0.1, 0.15) is 6.54 Å². The normalized spacial score (nSPS) is 17.0. The number of hydrogen-bond acceptors (Lipinski definition) is 5. The largest absolute Gasteiger partial charge is 0.338 e. The minimum atomic E-state index is -0.301. The van der Waals surface area contributed by atoms with Crippen LogP contribution in [0.3, 0.4) is 0 Å². The van der Waals surface area contributed by atoms with E-state index in [2.05, 4.69) is 21.0 Å². The van der Waals surface area contributed by atoms with E-state index < -0.39 is 0 Å². The van der Waals surface area contributed by atoms with Gasteiger partial charge in [0.2, 0.25) is 17.7 Å². The van der Waals surface area contributed by atoms with Crippen molar-refractivity contribution >= 4 is 39.6 Å². The molecule has 2 aliphatic heterocycles. The Morgan fingerprint density at radius 1 is 0.933 bits per heavy atom. The van der Waals surface area contributed by atoms with Gasteiger partial charge in [-0.15, -0.1) is 0 Å². The van der Waals surface area contributed by atoms with Gasteiger partial charge in [0, 0.05) is 49.7 Å². The fraction of sp³-hybridized carbons (Fsp3) is 0.350. The summed E-state index contributed by atoms with van der Waals surface area (Å²) in [6, 6.07) is 7.59. The quantitative estimate of drug-likeness (QED) is 0.618. The van der Waals surface area contributed by atoms with Crippen molar-refractivity contribution in [2.45, 2.75) is 12.8 Å². The molecule has 1 aromatic heterocycles. The third-order valence-corrected chi connectivity index (χ3v) is 5.82. The van der Waals surface area contributed by atoms with E-state index in [-0.39, 0.29) is 43.0 Å². The minimum absolute atomic E-state index is 0.143. The van der Waals surface area contributed by atoms with E-state index in [9.17, 15) is 19.2 Å². The molecule has 1 aromatic carbocycles. The van der Waals surface area contributed by atoms with Gasteiger partial charge >= 0.3 is 0 Å². The van der Waals surface area contributed by atoms with Crippen LogP contribution >= 0.6 is 15.9 Å². The van der Waals surface area contributed by atoms with Crippen molar-refractivity contribution in [3.05, 3.63) is 46.7 Å². The van der Waals surface area contributed by atoms with E-state index in [1.807, 2.05) is 24.3 Å². The van der Waals surface area contributed by atoms with E-state index >= 15 is 0 Å². The first-order chi connectivity index (χ1) is 14.4. The molecular formula is C20H20BrN5O4. The average molecular weight is 474 g/mol. The van der Waals surface area contributed by atoms with Crippen LogP contribution in [0, 0.1) is 0 Å². The van der Waals surface area contributed by atoms with Crippen LogP contribution in [0.25, 0.3) is 5.69 Å². The molecule has 0 bridgehead atoms. The predicted molar refractivity (Wildman–Crippen MR) is 110 cm³/mol. The molecule has 2 aliphatic rings. The zero-order valence-corrected chi connectivity index (χ0v) is 17.7. The Morgan fingerprint density at radius 2 is 1.53 bits per heavy atom. The summed E-state index contributed by atoms with van der Waals surface area (Å²) in [4.78, 5) is 52.9. The number of likely N-dealkylation sites (tertiary alicyclic amines) is 1. The first-order valence-corrected chi connectivity index (χ1v) is 10.4. The molecule has 0 radical (unpaired) electrons. The van der Waals surface area contributed by atoms with Crippen molar-refractivity contribution in [3.63, 3.8) is 0 Å². The molecule has 30 heavy (non-hydrogen) atoms. The molecule has 0 saturated carbocycles. The lowest BCUT2D eigenvalue weighted by Gasteiger charge is -2.35. The second-order valence-corrected chi connectivity index (χ2v) is 8.11. The molecule has 2 saturated heterocycles. The highest BCUT2D eigenvalue weighted by Crippen LogP contribution is 2.16. The van der Waals surface area contributed by atoms with Gasteiger partial charge in [0.15, 0.2) is 0 Å². The van der Waals surface area contributed by atoms with Crippen LogP contribution in [0.4, 0.5) is 0 Å². The number of imide groups is 1. The van der Waals surface area contributed by atoms with Crippen molar-refractivity contribution in [1.82, 2.24) is 24.5 Å². The zero-order valence-electron chi connectivity index (χ0n) is 16.2. The Balaban J connectivity index is 1.33. The summed E-state index contributed by atoms with van der Waals surface area (Å²) in [6.07, 6.45) is 3.56. The van der Waals surface area contributed by atoms with E-state index in [0.717, 1.165) is 15.1 Å². The van der Waals surface area contributed by atoms with Gasteiger partial charge in [-0.1, -0.05) is 15.9 Å². The lowest BCUT2D eigenvalue weighted by Crippen LogP contribution is -2.53. The Morgan fingerprint density at radius 3 is 2.17 bits per heavy atom. The van der Waals surface area contributed by atoms with Crippen LogP contribution in [-0.2, 0) is 14.4 Å². The average Bonchev–Trinajstić information content (AvgIpc) is 3.36. The Labute approximate surface area is 181 Å². The maximum absolute atomic E-state index is 12.8. The van der Waals surface area contributed by atoms with Crippen LogP contribution in [0.2, 0.25) is 0 Å². The molecule has 4 amide bonds. The number of hydrogen-bond donors (Lipinski definition) is 0. The molecule has 9 nitrogen and oxygen atoms in total. The minimum Gasteiger partial charge on any atom is -0.338 e. The Hall–Kier alpha value is -3.01. The molecule has 4 rings (SSSR count). The standard InChI is InChI=1S/C20H20BrN5O4/c21-15-1-3-16(4-2-15)26-12-14(11-22-26)20(30)24-9-7-23(8-10-24)19(29)13-25-17(27)5-6-18(25)28/h1-4,11-12H,5-10,13H2. The molecule has 3 heterocycles. The van der Waals surface area contributed by atoms with Crippen molar-refractivity contribution in [2.75, 3.05) is 32.7 Å². The van der Waals surface area contributed by atoms with Crippen molar-refractivity contribution in [2.24, 2.45) is 0 Å². The third kappa shape index (κ3) is 4.13. The van der Waals surface area contributed by atoms with E-state index in [0.29, 0.717) is 31.7 Å². The maximum atomic E-state index is 12.8. The van der Waals surface area contributed by atoms with Crippen LogP contribution in [0.1, 0.15) is 23.2 Å². The van der Waals surface area contributed by atoms with Gasteiger partial charge in [-0.2, -0.15) is 5.10 Å². The number of piperazine rings is 1. The molecule has 0 N–H and O–H groups in total. The first kappa shape index (κ1) is 20.3. The highest BCUT2D eigenvalue weighted by molar-refractivity contribution is 9.10. The van der Waals surface area contributed by atoms with E-state index in [1.54, 1.807) is 20.7 Å². The smallest absolute Gasteiger partial charge is 0.257 e. The lowest BCUT2D eigenvalue weighted by molar-refractivity contribution is -0.146. The first-order valence-electron chi connectivity index (χ1n) is 9.63. The molecule has 10 heteroatoms. The summed E-state index contributed by atoms with van der Waals surface area (Å²) < 4.78 is 2.60. The molecule has 0 spiro atoms. The van der Waals surface area contributed by atoms with Crippen LogP contribution in [0.15, 0.2) is 41.1 Å². The van der Waals surface area contributed by atoms with Gasteiger partial charge in [0.05, 0.1) is 17.4 Å². The topological polar surface area (TPSA) is 95.8 Å². The number of rotatable bonds is 4.